The second-order valence-corrected chi connectivity index (χ2v) is 54.1. The van der Waals surface area contributed by atoms with E-state index in [4.69, 9.17) is 9.47 Å². The summed E-state index contributed by atoms with van der Waals surface area (Å²) in [4.78, 5) is 19.8. The molecule has 7 N–H and O–H groups in total. The third-order valence-corrected chi connectivity index (χ3v) is 27.6. The number of likely N-dealkylation sites (N-methyl/N-ethyl adjacent to an activating group) is 2. The Labute approximate surface area is 810 Å². The van der Waals surface area contributed by atoms with E-state index in [2.05, 4.69) is 374 Å². The number of hydrogen-bond donors (Lipinski definition) is 7. The maximum Gasteiger partial charge on any atom is 0.0595 e. The van der Waals surface area contributed by atoms with Crippen molar-refractivity contribution in [3.8, 4) is 0 Å². The summed E-state index contributed by atoms with van der Waals surface area (Å²) >= 11 is 0. The van der Waals surface area contributed by atoms with Crippen LogP contribution >= 0.6 is 0 Å². The molecule has 2 aliphatic carbocycles. The highest BCUT2D eigenvalue weighted by Gasteiger charge is 2.35. The second kappa shape index (κ2) is 60.3. The summed E-state index contributed by atoms with van der Waals surface area (Å²) in [6.07, 6.45) is 26.2. The number of ether oxygens (including phenoxy) is 2. The molecule has 17 heteroatoms. The van der Waals surface area contributed by atoms with Gasteiger partial charge in [0.2, 0.25) is 0 Å². The lowest BCUT2D eigenvalue weighted by Gasteiger charge is -2.42. The van der Waals surface area contributed by atoms with Gasteiger partial charge in [-0.2, -0.15) is 0 Å². The standard InChI is InChI=1S/C12H23N.C11H23N.C10H21NO.2C10H21N.2C9H20N2.C9H19N.C8H18N2.C8H17NO.C8H17N.C7H15N.CH4/c1-10(2)11-6-8-13(9-7-11)12(3,4)5;1-5-12-8-6-10(7-9-12)11(2,3)4;1-10(2,3)11-7-5-9(12-4)6-8-11;1-10(2,3)9-5-7-11(4)8-6-9;1-10(2,3)9-6-5-7-11(4)8-9;1-9(2,3)11-8-5-4-6-10-7-8;1-5-11-6-8(7-11)10-9(2,3)4;1-9(2,3)6-8-4-5-10-7-8;1-8(2,3)9-7-5-10(4)6-7;1-8(2,3)9-4-6-10-7-5-9;1-8(2,3)9-7-5-4-6-7;1-7(2,3)8-6-4-5-6;/h11H,1,6-9H2,2-5H3;10H,5-9H2,1-4H3;9H,5-8H2,1-4H3;2*9H,5-8H2,1-4H3;8,10-11H,4-7H2,1-3H3;8,10H,5-7H2,1-4H3;8,10H,4-7H2,1-3H3;7,9H,5-6H2,1-4H3;4-7H2,1-3H3;7,9H,4-6H2,1-3H3;6,8H,4-5H2,1-3H3;1H4. The molecule has 129 heavy (non-hydrogen) atoms. The predicted octanol–water partition coefficient (Wildman–Crippen LogP) is 22.6. The first-order valence-corrected chi connectivity index (χ1v) is 53.2. The molecule has 2 saturated carbocycles. The Kier molecular flexibility index (Phi) is 59.8. The summed E-state index contributed by atoms with van der Waals surface area (Å²) in [6, 6.07) is 3.81. The van der Waals surface area contributed by atoms with Gasteiger partial charge >= 0.3 is 0 Å². The van der Waals surface area contributed by atoms with Crippen molar-refractivity contribution in [2.24, 2.45) is 51.2 Å². The van der Waals surface area contributed by atoms with Gasteiger partial charge in [0.15, 0.2) is 0 Å². The Morgan fingerprint density at radius 1 is 0.349 bits per heavy atom. The van der Waals surface area contributed by atoms with Crippen molar-refractivity contribution >= 4 is 0 Å². The topological polar surface area (TPSA) is 129 Å². The van der Waals surface area contributed by atoms with Gasteiger partial charge in [-0.05, 0) is 440 Å². The first-order valence-electron chi connectivity index (χ1n) is 53.2. The molecule has 0 bridgehead atoms. The van der Waals surface area contributed by atoms with E-state index in [1.807, 2.05) is 7.11 Å². The van der Waals surface area contributed by atoms with E-state index in [1.54, 1.807) is 0 Å². The van der Waals surface area contributed by atoms with Gasteiger partial charge in [-0.25, -0.2) is 0 Å². The highest BCUT2D eigenvalue weighted by atomic mass is 16.5. The summed E-state index contributed by atoms with van der Waals surface area (Å²) in [7, 11) is 8.43. The first kappa shape index (κ1) is 128. The summed E-state index contributed by atoms with van der Waals surface area (Å²) in [6.45, 7) is 121. The van der Waals surface area contributed by atoms with Crippen molar-refractivity contribution in [1.82, 2.24) is 76.4 Å². The number of rotatable bonds is 10. The minimum absolute atomic E-state index is 0. The molecule has 17 nitrogen and oxygen atoms in total. The van der Waals surface area contributed by atoms with Crippen LogP contribution in [0.3, 0.4) is 0 Å². The average molecular weight is 1830 g/mol. The van der Waals surface area contributed by atoms with Gasteiger partial charge in [-0.15, -0.1) is 0 Å². The number of likely N-dealkylation sites (tertiary alicyclic amines) is 7. The van der Waals surface area contributed by atoms with E-state index in [-0.39, 0.29) is 24.0 Å². The lowest BCUT2D eigenvalue weighted by molar-refractivity contribution is -0.00389. The third kappa shape index (κ3) is 66.4. The van der Waals surface area contributed by atoms with Gasteiger partial charge in [0, 0.05) is 147 Å². The number of nitrogens with one attached hydrogen (secondary N) is 7. The molecule has 12 fully saturated rings. The molecule has 3 atom stereocenters. The van der Waals surface area contributed by atoms with Crippen LogP contribution in [-0.2, 0) is 9.47 Å². The van der Waals surface area contributed by atoms with Crippen molar-refractivity contribution in [2.45, 2.75) is 480 Å². The number of hydrogen-bond acceptors (Lipinski definition) is 17. The van der Waals surface area contributed by atoms with Gasteiger partial charge in [0.1, 0.15) is 0 Å². The number of morpholine rings is 1. The Morgan fingerprint density at radius 2 is 0.721 bits per heavy atom. The van der Waals surface area contributed by atoms with Gasteiger partial charge < -0.3 is 71.2 Å². The van der Waals surface area contributed by atoms with Crippen LogP contribution < -0.4 is 37.2 Å². The quantitative estimate of drug-likeness (QED) is 0.105. The van der Waals surface area contributed by atoms with E-state index in [0.717, 1.165) is 86.6 Å². The highest BCUT2D eigenvalue weighted by Crippen LogP contribution is 2.37. The maximum absolute atomic E-state index is 5.33. The molecule has 3 unspecified atom stereocenters. The van der Waals surface area contributed by atoms with E-state index in [9.17, 15) is 0 Å². The molecule has 0 radical (unpaired) electrons. The summed E-state index contributed by atoms with van der Waals surface area (Å²) in [5, 5.41) is 24.6. The Bertz CT molecular complexity index is 2680. The van der Waals surface area contributed by atoms with Crippen LogP contribution in [0.4, 0.5) is 0 Å². The molecule has 0 amide bonds. The van der Waals surface area contributed by atoms with Gasteiger partial charge in [0.05, 0.1) is 19.3 Å². The van der Waals surface area contributed by atoms with Gasteiger partial charge in [-0.3, -0.25) is 14.7 Å². The zero-order valence-electron chi connectivity index (χ0n) is 94.9. The van der Waals surface area contributed by atoms with Crippen molar-refractivity contribution in [3.63, 3.8) is 0 Å². The van der Waals surface area contributed by atoms with Crippen molar-refractivity contribution < 1.29 is 9.47 Å². The van der Waals surface area contributed by atoms with Gasteiger partial charge in [0.25, 0.3) is 0 Å². The van der Waals surface area contributed by atoms with Crippen LogP contribution in [0.15, 0.2) is 12.2 Å². The van der Waals surface area contributed by atoms with Crippen LogP contribution in [0, 0.1) is 51.2 Å². The number of allylic oxidation sites excluding steroid dienone is 1. The molecule has 0 spiro atoms. The van der Waals surface area contributed by atoms with Gasteiger partial charge in [-0.1, -0.05) is 123 Å². The van der Waals surface area contributed by atoms with E-state index in [1.165, 1.54) is 252 Å². The third-order valence-electron chi connectivity index (χ3n) is 27.6. The number of piperidine rings is 6. The zero-order chi connectivity index (χ0) is 98.3. The van der Waals surface area contributed by atoms with Crippen LogP contribution in [-0.4, -0.2) is 305 Å². The molecule has 774 valence electrons. The predicted molar refractivity (Wildman–Crippen MR) is 576 cm³/mol. The van der Waals surface area contributed by atoms with Crippen molar-refractivity contribution in [2.75, 3.05) is 185 Å². The summed E-state index contributed by atoms with van der Waals surface area (Å²) in [5.41, 5.74) is 5.95. The number of nitrogens with zero attached hydrogens (tertiary/aromatic N) is 8. The minimum atomic E-state index is 0. The second-order valence-electron chi connectivity index (χ2n) is 54.1. The van der Waals surface area contributed by atoms with E-state index < -0.39 is 0 Å². The maximum atomic E-state index is 5.33. The number of methoxy groups -OCH3 is 1. The van der Waals surface area contributed by atoms with Crippen LogP contribution in [0.2, 0.25) is 0 Å². The van der Waals surface area contributed by atoms with Crippen LogP contribution in [0.1, 0.15) is 399 Å². The molecular formula is C112H239N15O2. The monoisotopic (exact) mass is 1830 g/mol. The van der Waals surface area contributed by atoms with Crippen LogP contribution in [0.5, 0.6) is 0 Å². The molecule has 0 aromatic carbocycles. The normalized spacial score (nSPS) is 23.7. The summed E-state index contributed by atoms with van der Waals surface area (Å²) in [5.74, 6) is 4.51. The Hall–Kier alpha value is -0.940. The average Bonchev–Trinajstić information content (AvgIpc) is 1.76. The smallest absolute Gasteiger partial charge is 0.0595 e. The summed E-state index contributed by atoms with van der Waals surface area (Å²) < 4.78 is 10.6. The molecule has 12 rings (SSSR count). The van der Waals surface area contributed by atoms with Crippen molar-refractivity contribution in [1.29, 1.82) is 0 Å². The fourth-order valence-electron chi connectivity index (χ4n) is 19.2. The first-order chi connectivity index (χ1) is 58.4. The minimum Gasteiger partial charge on any atom is -0.381 e. The van der Waals surface area contributed by atoms with E-state index in [0.29, 0.717) is 61.5 Å². The van der Waals surface area contributed by atoms with Crippen molar-refractivity contribution in [3.05, 3.63) is 12.2 Å². The molecule has 0 aromatic rings. The molecule has 10 saturated heterocycles. The molecule has 12 aliphatic rings. The zero-order valence-corrected chi connectivity index (χ0v) is 94.9. The SMILES string of the molecule is C.C=C(C)C1CCN(C(C)(C)C)CC1.CC(C)(C)CC1CCNC1.CC(C)(C)N1CCOCC1.CC(C)(C)NC1CC1.CC(C)(C)NC1CCC1.CC(C)(C)NC1CCCNC1.CCN1CC(NC(C)(C)C)C1.CCN1CCC(C(C)(C)C)CC1.CN1CC(NC(C)(C)C)C1.CN1CCC(C(C)(C)C)CC1.CN1CCCC(C(C)(C)C)C1.COC1CCN(C(C)(C)C)CC1. The Morgan fingerprint density at radius 3 is 1.02 bits per heavy atom. The van der Waals surface area contributed by atoms with Crippen LogP contribution in [0.25, 0.3) is 0 Å². The molecule has 10 heterocycles. The highest BCUT2D eigenvalue weighted by molar-refractivity contribution is 5.00. The molecular weight excluding hydrogens is 1590 g/mol. The van der Waals surface area contributed by atoms with E-state index >= 15 is 0 Å². The molecule has 0 aromatic heterocycles. The molecule has 10 aliphatic heterocycles. The lowest BCUT2D eigenvalue weighted by Crippen LogP contribution is -2.61. The Balaban J connectivity index is 0.00000139. The fraction of sp³-hybridized carbons (Fsp3) is 0.982. The fourth-order valence-corrected chi connectivity index (χ4v) is 19.2. The largest absolute Gasteiger partial charge is 0.381 e. The lowest BCUT2D eigenvalue weighted by atomic mass is 9.75.